The van der Waals surface area contributed by atoms with E-state index >= 15 is 0 Å². The van der Waals surface area contributed by atoms with Gasteiger partial charge in [0, 0.05) is 0 Å². The van der Waals surface area contributed by atoms with Crippen molar-refractivity contribution >= 4 is 24.9 Å². The Bertz CT molecular complexity index is 804. The lowest BCUT2D eigenvalue weighted by Gasteiger charge is -2.42. The lowest BCUT2D eigenvalue weighted by Crippen LogP contribution is -2.74. The fourth-order valence-corrected chi connectivity index (χ4v) is 5.26. The first-order chi connectivity index (χ1) is 14.8. The maximum absolute atomic E-state index is 3.94. The fraction of sp³-hybridized carbons (Fsp3) is 0.556. The van der Waals surface area contributed by atoms with Crippen LogP contribution in [0.1, 0.15) is 74.9 Å². The summed E-state index contributed by atoms with van der Waals surface area (Å²) in [5.74, 6) is 0. The number of benzene rings is 2. The van der Waals surface area contributed by atoms with Crippen LogP contribution >= 0.6 is 0 Å². The number of hydrogen-bond donors (Lipinski definition) is 2. The van der Waals surface area contributed by atoms with Gasteiger partial charge >= 0.3 is 14.0 Å². The second-order valence-electron chi connectivity index (χ2n) is 10.6. The van der Waals surface area contributed by atoms with Gasteiger partial charge in [-0.1, -0.05) is 99.2 Å². The van der Waals surface area contributed by atoms with E-state index < -0.39 is 0 Å². The highest BCUT2D eigenvalue weighted by Crippen LogP contribution is 2.15. The molecule has 0 atom stereocenters. The summed E-state index contributed by atoms with van der Waals surface area (Å²) in [7, 11) is 0. The third-order valence-corrected chi connectivity index (χ3v) is 6.20. The highest BCUT2D eigenvalue weighted by atomic mass is 15.2. The summed E-state index contributed by atoms with van der Waals surface area (Å²) in [6.07, 6.45) is 0. The Hall–Kier alpha value is -1.55. The van der Waals surface area contributed by atoms with Crippen LogP contribution in [0.25, 0.3) is 0 Å². The van der Waals surface area contributed by atoms with Crippen LogP contribution in [-0.4, -0.2) is 36.8 Å². The van der Waals surface area contributed by atoms with Crippen LogP contribution in [0, 0.1) is 41.5 Å². The maximum Gasteiger partial charge on any atom is 0.334 e. The SMILES string of the molecule is Cc1cc(C)c(B(NC(C)C)N(B(NC(C)C)c2c(C)cc(C)cc2C)C(C)C)c(C)c1. The molecule has 5 heteroatoms. The summed E-state index contributed by atoms with van der Waals surface area (Å²) in [4.78, 5) is 0. The lowest BCUT2D eigenvalue weighted by atomic mass is 9.49. The van der Waals surface area contributed by atoms with E-state index in [0.29, 0.717) is 18.1 Å². The van der Waals surface area contributed by atoms with Crippen molar-refractivity contribution in [2.24, 2.45) is 0 Å². The Balaban J connectivity index is 2.78. The highest BCUT2D eigenvalue weighted by molar-refractivity contribution is 6.84. The van der Waals surface area contributed by atoms with Crippen molar-refractivity contribution in [1.82, 2.24) is 15.2 Å². The van der Waals surface area contributed by atoms with E-state index in [9.17, 15) is 0 Å². The molecule has 2 aromatic rings. The number of nitrogens with one attached hydrogen (secondary N) is 2. The fourth-order valence-electron chi connectivity index (χ4n) is 5.26. The first kappa shape index (κ1) is 26.7. The predicted octanol–water partition coefficient (Wildman–Crippen LogP) is 4.33. The van der Waals surface area contributed by atoms with Crippen molar-refractivity contribution < 1.29 is 0 Å². The molecular formula is C27H45B2N3. The van der Waals surface area contributed by atoms with Gasteiger partial charge in [-0.25, -0.2) is 0 Å². The Morgan fingerprint density at radius 1 is 0.562 bits per heavy atom. The van der Waals surface area contributed by atoms with Crippen molar-refractivity contribution in [3.05, 3.63) is 57.6 Å². The van der Waals surface area contributed by atoms with Gasteiger partial charge in [0.2, 0.25) is 0 Å². The monoisotopic (exact) mass is 433 g/mol. The molecule has 0 aliphatic heterocycles. The van der Waals surface area contributed by atoms with Crippen molar-refractivity contribution in [1.29, 1.82) is 0 Å². The summed E-state index contributed by atoms with van der Waals surface area (Å²) in [5.41, 5.74) is 10.9. The molecule has 0 aliphatic rings. The van der Waals surface area contributed by atoms with Crippen LogP contribution in [0.3, 0.4) is 0 Å². The third-order valence-electron chi connectivity index (χ3n) is 6.20. The Morgan fingerprint density at radius 3 is 1.06 bits per heavy atom. The smallest absolute Gasteiger partial charge is 0.334 e. The zero-order valence-electron chi connectivity index (χ0n) is 22.6. The van der Waals surface area contributed by atoms with Gasteiger partial charge in [0.15, 0.2) is 0 Å². The van der Waals surface area contributed by atoms with E-state index in [0.717, 1.165) is 0 Å². The van der Waals surface area contributed by atoms with E-state index in [4.69, 9.17) is 0 Å². The predicted molar refractivity (Wildman–Crippen MR) is 146 cm³/mol. The molecule has 0 aromatic heterocycles. The van der Waals surface area contributed by atoms with Crippen LogP contribution in [0.15, 0.2) is 24.3 Å². The zero-order valence-corrected chi connectivity index (χ0v) is 22.6. The van der Waals surface area contributed by atoms with E-state index in [1.807, 2.05) is 0 Å². The van der Waals surface area contributed by atoms with Crippen LogP contribution in [0.5, 0.6) is 0 Å². The normalized spacial score (nSPS) is 11.9. The summed E-state index contributed by atoms with van der Waals surface area (Å²) in [6.45, 7) is 27.3. The summed E-state index contributed by atoms with van der Waals surface area (Å²) < 4.78 is 2.65. The third kappa shape index (κ3) is 6.27. The largest absolute Gasteiger partial charge is 0.345 e. The van der Waals surface area contributed by atoms with Gasteiger partial charge in [-0.15, -0.1) is 0 Å². The van der Waals surface area contributed by atoms with Gasteiger partial charge in [-0.3, -0.25) is 0 Å². The van der Waals surface area contributed by atoms with Crippen molar-refractivity contribution in [2.45, 2.75) is 101 Å². The summed E-state index contributed by atoms with van der Waals surface area (Å²) in [6, 6.07) is 10.4. The van der Waals surface area contributed by atoms with Gasteiger partial charge in [-0.05, 0) is 70.6 Å². The van der Waals surface area contributed by atoms with Gasteiger partial charge in [0.1, 0.15) is 0 Å². The molecule has 0 amide bonds. The molecule has 2 rings (SSSR count). The van der Waals surface area contributed by atoms with Gasteiger partial charge < -0.3 is 15.2 Å². The zero-order chi connectivity index (χ0) is 24.3. The number of rotatable bonds is 9. The van der Waals surface area contributed by atoms with E-state index in [1.54, 1.807) is 0 Å². The molecule has 2 aromatic carbocycles. The molecular weight excluding hydrogens is 388 g/mol. The molecule has 0 heterocycles. The first-order valence-electron chi connectivity index (χ1n) is 12.3. The van der Waals surface area contributed by atoms with Gasteiger partial charge in [0.05, 0.1) is 0 Å². The molecule has 2 N–H and O–H groups in total. The van der Waals surface area contributed by atoms with Crippen molar-refractivity contribution in [2.75, 3.05) is 0 Å². The molecule has 0 unspecified atom stereocenters. The average Bonchev–Trinajstić information content (AvgIpc) is 2.58. The molecule has 0 saturated carbocycles. The molecule has 3 nitrogen and oxygen atoms in total. The Kier molecular flexibility index (Phi) is 9.22. The molecule has 0 spiro atoms. The van der Waals surface area contributed by atoms with Gasteiger partial charge in [-0.2, -0.15) is 0 Å². The Labute approximate surface area is 199 Å². The van der Waals surface area contributed by atoms with Crippen LogP contribution in [0.4, 0.5) is 0 Å². The molecule has 32 heavy (non-hydrogen) atoms. The highest BCUT2D eigenvalue weighted by Gasteiger charge is 2.40. The summed E-state index contributed by atoms with van der Waals surface area (Å²) in [5, 5.41) is 7.88. The topological polar surface area (TPSA) is 27.3 Å². The Morgan fingerprint density at radius 2 is 0.844 bits per heavy atom. The maximum atomic E-state index is 3.94. The quantitative estimate of drug-likeness (QED) is 0.577. The average molecular weight is 433 g/mol. The standard InChI is InChI=1S/C27H45B2N3/c1-17(2)30-28(26-22(9)13-20(7)14-23(26)10)32(19(5)6)29(31-18(3)4)27-24(11)15-21(8)16-25(27)12/h13-19,30-31H,1-12H3. The van der Waals surface area contributed by atoms with Crippen LogP contribution in [0.2, 0.25) is 0 Å². The molecule has 0 bridgehead atoms. The second-order valence-corrected chi connectivity index (χ2v) is 10.6. The van der Waals surface area contributed by atoms with Crippen LogP contribution in [-0.2, 0) is 0 Å². The van der Waals surface area contributed by atoms with Crippen molar-refractivity contribution in [3.8, 4) is 0 Å². The van der Waals surface area contributed by atoms with Crippen molar-refractivity contribution in [3.63, 3.8) is 0 Å². The van der Waals surface area contributed by atoms with Crippen LogP contribution < -0.4 is 21.4 Å². The summed E-state index contributed by atoms with van der Waals surface area (Å²) >= 11 is 0. The van der Waals surface area contributed by atoms with E-state index in [-0.39, 0.29) is 14.0 Å². The molecule has 174 valence electrons. The lowest BCUT2D eigenvalue weighted by molar-refractivity contribution is 0.500. The second kappa shape index (κ2) is 11.0. The molecule has 0 aliphatic carbocycles. The number of hydrogen-bond acceptors (Lipinski definition) is 3. The minimum atomic E-state index is 0.104. The minimum Gasteiger partial charge on any atom is -0.345 e. The molecule has 0 radical (unpaired) electrons. The van der Waals surface area contributed by atoms with E-state index in [2.05, 4.69) is 123 Å². The minimum absolute atomic E-state index is 0.104. The van der Waals surface area contributed by atoms with E-state index in [1.165, 1.54) is 44.3 Å². The molecule has 0 fully saturated rings. The number of nitrogens with zero attached hydrogens (tertiary/aromatic N) is 1. The number of aryl methyl sites for hydroxylation is 6. The van der Waals surface area contributed by atoms with Gasteiger partial charge in [0.25, 0.3) is 0 Å². The first-order valence-corrected chi connectivity index (χ1v) is 12.3. The molecule has 0 saturated heterocycles.